The summed E-state index contributed by atoms with van der Waals surface area (Å²) in [6, 6.07) is 0.203. The summed E-state index contributed by atoms with van der Waals surface area (Å²) >= 11 is 0. The van der Waals surface area contributed by atoms with E-state index in [1.807, 2.05) is 6.07 Å². The highest BCUT2D eigenvalue weighted by Gasteiger charge is 2.50. The van der Waals surface area contributed by atoms with Crippen LogP contribution < -0.4 is 0 Å². The summed E-state index contributed by atoms with van der Waals surface area (Å²) in [4.78, 5) is 50.5. The SMILES string of the molecule is CC(C)(C)OC(=O)C[C@@H]1C[C@@H](C(=O)N2CCC[C@H]2C#N)N(C(=O)O)C1=O. The minimum Gasteiger partial charge on any atom is -0.465 e. The molecule has 9 nitrogen and oxygen atoms in total. The summed E-state index contributed by atoms with van der Waals surface area (Å²) in [5.74, 6) is -2.89. The number of esters is 1. The molecule has 2 rings (SSSR count). The number of carboxylic acid groups (broad SMARTS) is 1. The lowest BCUT2D eigenvalue weighted by Gasteiger charge is -2.26. The molecule has 2 heterocycles. The van der Waals surface area contributed by atoms with Crippen molar-refractivity contribution in [2.45, 2.75) is 64.1 Å². The molecule has 0 spiro atoms. The molecule has 2 aliphatic rings. The second-order valence-corrected chi connectivity index (χ2v) is 7.55. The minimum absolute atomic E-state index is 0.0855. The summed E-state index contributed by atoms with van der Waals surface area (Å²) in [5, 5.41) is 18.5. The fraction of sp³-hybridized carbons (Fsp3) is 0.706. The number of carbonyl (C=O) groups excluding carboxylic acids is 3. The van der Waals surface area contributed by atoms with Crippen LogP contribution in [0, 0.1) is 17.2 Å². The van der Waals surface area contributed by atoms with Crippen LogP contribution >= 0.6 is 0 Å². The summed E-state index contributed by atoms with van der Waals surface area (Å²) in [5.41, 5.74) is -0.726. The Morgan fingerprint density at radius 2 is 2.00 bits per heavy atom. The molecule has 142 valence electrons. The molecule has 0 unspecified atom stereocenters. The number of imide groups is 1. The second-order valence-electron chi connectivity index (χ2n) is 7.55. The number of hydrogen-bond donors (Lipinski definition) is 1. The van der Waals surface area contributed by atoms with Crippen molar-refractivity contribution >= 4 is 23.9 Å². The number of hydrogen-bond acceptors (Lipinski definition) is 6. The number of ether oxygens (including phenoxy) is 1. The zero-order valence-electron chi connectivity index (χ0n) is 15.1. The molecular formula is C17H23N3O6. The summed E-state index contributed by atoms with van der Waals surface area (Å²) in [7, 11) is 0. The molecule has 26 heavy (non-hydrogen) atoms. The van der Waals surface area contributed by atoms with E-state index in [4.69, 9.17) is 10.00 Å². The van der Waals surface area contributed by atoms with Crippen molar-refractivity contribution in [3.8, 4) is 6.07 Å². The lowest BCUT2D eigenvalue weighted by molar-refractivity contribution is -0.157. The molecule has 0 saturated carbocycles. The Balaban J connectivity index is 2.15. The first kappa shape index (κ1) is 19.7. The molecule has 3 atom stereocenters. The molecular weight excluding hydrogens is 342 g/mol. The van der Waals surface area contributed by atoms with Crippen LogP contribution in [0.3, 0.4) is 0 Å². The zero-order valence-corrected chi connectivity index (χ0v) is 15.1. The predicted molar refractivity (Wildman–Crippen MR) is 87.6 cm³/mol. The first-order valence-corrected chi connectivity index (χ1v) is 8.53. The molecule has 0 bridgehead atoms. The van der Waals surface area contributed by atoms with Gasteiger partial charge < -0.3 is 14.7 Å². The van der Waals surface area contributed by atoms with Gasteiger partial charge in [-0.25, -0.2) is 9.69 Å². The van der Waals surface area contributed by atoms with Gasteiger partial charge in [0, 0.05) is 6.54 Å². The van der Waals surface area contributed by atoms with E-state index >= 15 is 0 Å². The molecule has 9 heteroatoms. The van der Waals surface area contributed by atoms with Crippen LogP contribution in [0.4, 0.5) is 4.79 Å². The van der Waals surface area contributed by atoms with Gasteiger partial charge in [-0.05, 0) is 40.0 Å². The molecule has 0 aromatic rings. The first-order chi connectivity index (χ1) is 12.0. The minimum atomic E-state index is -1.53. The van der Waals surface area contributed by atoms with Gasteiger partial charge in [0.15, 0.2) is 0 Å². The van der Waals surface area contributed by atoms with Gasteiger partial charge in [-0.2, -0.15) is 5.26 Å². The topological polar surface area (TPSA) is 128 Å². The summed E-state index contributed by atoms with van der Waals surface area (Å²) in [6.07, 6.45) is -0.729. The van der Waals surface area contributed by atoms with Gasteiger partial charge in [-0.1, -0.05) is 0 Å². The lowest BCUT2D eigenvalue weighted by atomic mass is 10.0. The number of nitriles is 1. The maximum Gasteiger partial charge on any atom is 0.414 e. The van der Waals surface area contributed by atoms with Gasteiger partial charge >= 0.3 is 12.1 Å². The van der Waals surface area contributed by atoms with Crippen LogP contribution in [0.2, 0.25) is 0 Å². The van der Waals surface area contributed by atoms with Crippen LogP contribution in [0.25, 0.3) is 0 Å². The quantitative estimate of drug-likeness (QED) is 0.742. The molecule has 0 aromatic carbocycles. The van der Waals surface area contributed by atoms with Gasteiger partial charge in [0.25, 0.3) is 0 Å². The van der Waals surface area contributed by atoms with E-state index in [0.29, 0.717) is 24.3 Å². The number of nitrogens with zero attached hydrogens (tertiary/aromatic N) is 3. The Morgan fingerprint density at radius 1 is 1.35 bits per heavy atom. The highest BCUT2D eigenvalue weighted by molar-refractivity contribution is 6.02. The average molecular weight is 365 g/mol. The van der Waals surface area contributed by atoms with Crippen LogP contribution in [0.15, 0.2) is 0 Å². The Morgan fingerprint density at radius 3 is 2.54 bits per heavy atom. The van der Waals surface area contributed by atoms with Crippen molar-refractivity contribution in [3.05, 3.63) is 0 Å². The standard InChI is InChI=1S/C17H23N3O6/c1-17(2,3)26-13(21)8-10-7-12(20(14(10)22)16(24)25)15(23)19-6-4-5-11(19)9-18/h10-12H,4-8H2,1-3H3,(H,24,25)/t10-,11-,12-/m0/s1. The predicted octanol–water partition coefficient (Wildman–Crippen LogP) is 1.13. The van der Waals surface area contributed by atoms with Gasteiger partial charge in [0.05, 0.1) is 18.4 Å². The maximum absolute atomic E-state index is 12.7. The number of rotatable bonds is 3. The molecule has 0 aliphatic carbocycles. The normalized spacial score (nSPS) is 25.9. The van der Waals surface area contributed by atoms with E-state index in [-0.39, 0.29) is 12.8 Å². The highest BCUT2D eigenvalue weighted by atomic mass is 16.6. The van der Waals surface area contributed by atoms with Crippen molar-refractivity contribution in [2.75, 3.05) is 6.54 Å². The van der Waals surface area contributed by atoms with Crippen LogP contribution in [0.5, 0.6) is 0 Å². The fourth-order valence-corrected chi connectivity index (χ4v) is 3.38. The molecule has 3 amide bonds. The Kier molecular flexibility index (Phi) is 5.54. The number of amides is 3. The number of likely N-dealkylation sites (tertiary alicyclic amines) is 2. The lowest BCUT2D eigenvalue weighted by Crippen LogP contribution is -2.49. The van der Waals surface area contributed by atoms with E-state index < -0.39 is 47.5 Å². The third-order valence-corrected chi connectivity index (χ3v) is 4.42. The third kappa shape index (κ3) is 4.12. The second kappa shape index (κ2) is 7.32. The summed E-state index contributed by atoms with van der Waals surface area (Å²) < 4.78 is 5.18. The molecule has 1 N–H and O–H groups in total. The summed E-state index contributed by atoms with van der Waals surface area (Å²) in [6.45, 7) is 5.41. The van der Waals surface area contributed by atoms with Crippen LogP contribution in [0.1, 0.15) is 46.5 Å². The van der Waals surface area contributed by atoms with Gasteiger partial charge in [0.1, 0.15) is 17.7 Å². The van der Waals surface area contributed by atoms with Crippen molar-refractivity contribution in [2.24, 2.45) is 5.92 Å². The van der Waals surface area contributed by atoms with E-state index in [9.17, 15) is 24.3 Å². The Labute approximate surface area is 151 Å². The first-order valence-electron chi connectivity index (χ1n) is 8.53. The maximum atomic E-state index is 12.7. The number of carbonyl (C=O) groups is 4. The van der Waals surface area contributed by atoms with E-state index in [1.165, 1.54) is 4.90 Å². The van der Waals surface area contributed by atoms with E-state index in [1.54, 1.807) is 20.8 Å². The van der Waals surface area contributed by atoms with Crippen molar-refractivity contribution in [3.63, 3.8) is 0 Å². The largest absolute Gasteiger partial charge is 0.465 e. The van der Waals surface area contributed by atoms with Gasteiger partial charge in [-0.15, -0.1) is 0 Å². The fourth-order valence-electron chi connectivity index (χ4n) is 3.38. The molecule has 2 aliphatic heterocycles. The van der Waals surface area contributed by atoms with E-state index in [2.05, 4.69) is 0 Å². The monoisotopic (exact) mass is 365 g/mol. The van der Waals surface area contributed by atoms with Crippen molar-refractivity contribution in [1.29, 1.82) is 5.26 Å². The highest BCUT2D eigenvalue weighted by Crippen LogP contribution is 2.31. The zero-order chi connectivity index (χ0) is 19.6. The van der Waals surface area contributed by atoms with Gasteiger partial charge in [-0.3, -0.25) is 14.4 Å². The van der Waals surface area contributed by atoms with Crippen LogP contribution in [-0.4, -0.2) is 63.0 Å². The smallest absolute Gasteiger partial charge is 0.414 e. The van der Waals surface area contributed by atoms with Crippen molar-refractivity contribution in [1.82, 2.24) is 9.80 Å². The van der Waals surface area contributed by atoms with Crippen molar-refractivity contribution < 1.29 is 29.0 Å². The Bertz CT molecular complexity index is 662. The Hall–Kier alpha value is -2.63. The van der Waals surface area contributed by atoms with Gasteiger partial charge in [0.2, 0.25) is 11.8 Å². The molecule has 0 aromatic heterocycles. The molecule has 2 fully saturated rings. The molecule has 2 saturated heterocycles. The van der Waals surface area contributed by atoms with Crippen LogP contribution in [-0.2, 0) is 19.1 Å². The molecule has 0 radical (unpaired) electrons. The van der Waals surface area contributed by atoms with E-state index in [0.717, 1.165) is 0 Å². The third-order valence-electron chi connectivity index (χ3n) is 4.42. The average Bonchev–Trinajstić information content (AvgIpc) is 3.09.